The predicted octanol–water partition coefficient (Wildman–Crippen LogP) is 1.24. The second-order valence-electron chi connectivity index (χ2n) is 3.38. The highest BCUT2D eigenvalue weighted by molar-refractivity contribution is 7.16. The van der Waals surface area contributed by atoms with Crippen LogP contribution < -0.4 is 11.1 Å². The fraction of sp³-hybridized carbons (Fsp3) is 0.0833. The van der Waals surface area contributed by atoms with Crippen molar-refractivity contribution in [3.05, 3.63) is 40.9 Å². The van der Waals surface area contributed by atoms with Crippen molar-refractivity contribution in [1.82, 2.24) is 9.97 Å². The Morgan fingerprint density at radius 1 is 1.47 bits per heavy atom. The number of halogens is 1. The molecule has 7 heteroatoms. The number of anilines is 1. The molecule has 0 saturated carbocycles. The molecule has 0 aliphatic carbocycles. The quantitative estimate of drug-likeness (QED) is 0.809. The number of pyridine rings is 1. The number of carbonyl (C=O) groups excluding carboxylic acids is 1. The minimum atomic E-state index is -0.568. The number of hydrogen-bond donors (Lipinski definition) is 2. The molecule has 19 heavy (non-hydrogen) atoms. The van der Waals surface area contributed by atoms with Crippen molar-refractivity contribution in [3.63, 3.8) is 0 Å². The lowest BCUT2D eigenvalue weighted by molar-refractivity contribution is 0.102. The molecule has 0 saturated heterocycles. The SMILES string of the molecule is NCC#Cc1cnc(NC(=O)c2cncc(F)c2)s1. The van der Waals surface area contributed by atoms with Crippen LogP contribution in [0.5, 0.6) is 0 Å². The highest BCUT2D eigenvalue weighted by atomic mass is 32.1. The molecule has 2 rings (SSSR count). The molecular weight excluding hydrogens is 267 g/mol. The van der Waals surface area contributed by atoms with Crippen molar-refractivity contribution in [3.8, 4) is 11.8 Å². The summed E-state index contributed by atoms with van der Waals surface area (Å²) >= 11 is 1.21. The van der Waals surface area contributed by atoms with Gasteiger partial charge < -0.3 is 5.73 Å². The van der Waals surface area contributed by atoms with Gasteiger partial charge in [-0.15, -0.1) is 0 Å². The van der Waals surface area contributed by atoms with Crippen molar-refractivity contribution in [2.75, 3.05) is 11.9 Å². The zero-order valence-electron chi connectivity index (χ0n) is 9.68. The summed E-state index contributed by atoms with van der Waals surface area (Å²) in [6, 6.07) is 1.10. The van der Waals surface area contributed by atoms with Crippen LogP contribution in [0.25, 0.3) is 0 Å². The lowest BCUT2D eigenvalue weighted by atomic mass is 10.3. The number of rotatable bonds is 2. The molecule has 1 amide bonds. The van der Waals surface area contributed by atoms with E-state index in [-0.39, 0.29) is 12.1 Å². The third-order valence-corrected chi connectivity index (χ3v) is 2.84. The van der Waals surface area contributed by atoms with Gasteiger partial charge in [0, 0.05) is 6.20 Å². The lowest BCUT2D eigenvalue weighted by Crippen LogP contribution is -2.12. The fourth-order valence-electron chi connectivity index (χ4n) is 1.23. The Morgan fingerprint density at radius 3 is 3.05 bits per heavy atom. The normalized spacial score (nSPS) is 9.58. The van der Waals surface area contributed by atoms with Gasteiger partial charge in [-0.2, -0.15) is 0 Å². The largest absolute Gasteiger partial charge is 0.320 e. The highest BCUT2D eigenvalue weighted by Crippen LogP contribution is 2.17. The van der Waals surface area contributed by atoms with Crippen LogP contribution in [0, 0.1) is 17.7 Å². The Morgan fingerprint density at radius 2 is 2.32 bits per heavy atom. The van der Waals surface area contributed by atoms with Crippen LogP contribution in [0.4, 0.5) is 9.52 Å². The van der Waals surface area contributed by atoms with Crippen LogP contribution in [0.2, 0.25) is 0 Å². The molecule has 2 heterocycles. The number of thiazole rings is 1. The molecule has 3 N–H and O–H groups in total. The van der Waals surface area contributed by atoms with E-state index in [1.165, 1.54) is 23.7 Å². The van der Waals surface area contributed by atoms with Gasteiger partial charge in [-0.1, -0.05) is 23.2 Å². The van der Waals surface area contributed by atoms with Gasteiger partial charge >= 0.3 is 0 Å². The van der Waals surface area contributed by atoms with Crippen molar-refractivity contribution in [1.29, 1.82) is 0 Å². The van der Waals surface area contributed by atoms with E-state index >= 15 is 0 Å². The summed E-state index contributed by atoms with van der Waals surface area (Å²) < 4.78 is 12.9. The molecule has 0 aromatic carbocycles. The van der Waals surface area contributed by atoms with Crippen molar-refractivity contribution in [2.24, 2.45) is 5.73 Å². The van der Waals surface area contributed by atoms with Crippen molar-refractivity contribution >= 4 is 22.4 Å². The van der Waals surface area contributed by atoms with Crippen LogP contribution in [-0.2, 0) is 0 Å². The maximum Gasteiger partial charge on any atom is 0.259 e. The van der Waals surface area contributed by atoms with Gasteiger partial charge in [-0.25, -0.2) is 9.37 Å². The monoisotopic (exact) mass is 276 g/mol. The molecular formula is C12H9FN4OS. The maximum absolute atomic E-state index is 12.9. The summed E-state index contributed by atoms with van der Waals surface area (Å²) in [6.07, 6.45) is 3.84. The van der Waals surface area contributed by atoms with E-state index in [0.29, 0.717) is 10.0 Å². The molecule has 0 unspecified atom stereocenters. The minimum absolute atomic E-state index is 0.129. The Bertz CT molecular complexity index is 659. The first-order valence-electron chi connectivity index (χ1n) is 5.25. The van der Waals surface area contributed by atoms with E-state index in [9.17, 15) is 9.18 Å². The Hall–Kier alpha value is -2.30. The molecule has 2 aromatic rings. The molecule has 96 valence electrons. The standard InChI is InChI=1S/C12H9FN4OS/c13-9-4-8(5-15-6-9)11(18)17-12-16-7-10(19-12)2-1-3-14/h4-7H,3,14H2,(H,16,17,18). The zero-order valence-corrected chi connectivity index (χ0v) is 10.5. The van der Waals surface area contributed by atoms with E-state index in [1.54, 1.807) is 0 Å². The van der Waals surface area contributed by atoms with Gasteiger partial charge in [0.15, 0.2) is 5.13 Å². The third-order valence-electron chi connectivity index (χ3n) is 2.01. The van der Waals surface area contributed by atoms with Crippen molar-refractivity contribution in [2.45, 2.75) is 0 Å². The topological polar surface area (TPSA) is 80.9 Å². The smallest absolute Gasteiger partial charge is 0.259 e. The average molecular weight is 276 g/mol. The Balaban J connectivity index is 2.09. The first-order valence-corrected chi connectivity index (χ1v) is 6.07. The highest BCUT2D eigenvalue weighted by Gasteiger charge is 2.09. The van der Waals surface area contributed by atoms with Gasteiger partial charge in [-0.05, 0) is 6.07 Å². The summed E-state index contributed by atoms with van der Waals surface area (Å²) in [4.78, 5) is 20.1. The number of nitrogens with two attached hydrogens (primary N) is 1. The number of carbonyl (C=O) groups is 1. The van der Waals surface area contributed by atoms with Gasteiger partial charge in [-0.3, -0.25) is 15.1 Å². The minimum Gasteiger partial charge on any atom is -0.320 e. The van der Waals surface area contributed by atoms with Crippen LogP contribution in [0.1, 0.15) is 15.2 Å². The first kappa shape index (κ1) is 13.1. The summed E-state index contributed by atoms with van der Waals surface area (Å²) in [6.45, 7) is 0.258. The number of amides is 1. The number of nitrogens with zero attached hydrogens (tertiary/aromatic N) is 2. The summed E-state index contributed by atoms with van der Waals surface area (Å²) in [5.41, 5.74) is 5.38. The zero-order chi connectivity index (χ0) is 13.7. The molecule has 0 radical (unpaired) electrons. The van der Waals surface area contributed by atoms with E-state index < -0.39 is 11.7 Å². The van der Waals surface area contributed by atoms with E-state index in [1.807, 2.05) is 0 Å². The number of nitrogens with one attached hydrogen (secondary N) is 1. The molecule has 0 aliphatic rings. The van der Waals surface area contributed by atoms with Crippen LogP contribution in [0.3, 0.4) is 0 Å². The van der Waals surface area contributed by atoms with Gasteiger partial charge in [0.1, 0.15) is 5.82 Å². The number of hydrogen-bond acceptors (Lipinski definition) is 5. The molecule has 0 spiro atoms. The third kappa shape index (κ3) is 3.58. The fourth-order valence-corrected chi connectivity index (χ4v) is 1.92. The van der Waals surface area contributed by atoms with Crippen molar-refractivity contribution < 1.29 is 9.18 Å². The Kier molecular flexibility index (Phi) is 4.18. The average Bonchev–Trinajstić information content (AvgIpc) is 2.84. The molecule has 2 aromatic heterocycles. The van der Waals surface area contributed by atoms with E-state index in [4.69, 9.17) is 5.73 Å². The van der Waals surface area contributed by atoms with Crippen LogP contribution in [0.15, 0.2) is 24.7 Å². The summed E-state index contributed by atoms with van der Waals surface area (Å²) in [5.74, 6) is 4.45. The van der Waals surface area contributed by atoms with Crippen LogP contribution >= 0.6 is 11.3 Å². The van der Waals surface area contributed by atoms with Gasteiger partial charge in [0.25, 0.3) is 5.91 Å². The lowest BCUT2D eigenvalue weighted by Gasteiger charge is -2.00. The summed E-state index contributed by atoms with van der Waals surface area (Å²) in [7, 11) is 0. The number of aromatic nitrogens is 2. The molecule has 0 atom stereocenters. The molecule has 0 bridgehead atoms. The molecule has 0 aliphatic heterocycles. The van der Waals surface area contributed by atoms with Gasteiger partial charge in [0.2, 0.25) is 0 Å². The van der Waals surface area contributed by atoms with E-state index in [0.717, 1.165) is 12.3 Å². The van der Waals surface area contributed by atoms with Gasteiger partial charge in [0.05, 0.1) is 29.4 Å². The maximum atomic E-state index is 12.9. The molecule has 0 fully saturated rings. The van der Waals surface area contributed by atoms with Crippen LogP contribution in [-0.4, -0.2) is 22.4 Å². The second-order valence-corrected chi connectivity index (χ2v) is 4.41. The first-order chi connectivity index (χ1) is 9.19. The van der Waals surface area contributed by atoms with E-state index in [2.05, 4.69) is 27.1 Å². The second kappa shape index (κ2) is 6.04. The Labute approximate surface area is 112 Å². The predicted molar refractivity (Wildman–Crippen MR) is 70.2 cm³/mol. The summed E-state index contributed by atoms with van der Waals surface area (Å²) in [5, 5.41) is 2.93. The molecule has 5 nitrogen and oxygen atoms in total.